The van der Waals surface area contributed by atoms with Crippen LogP contribution in [0.3, 0.4) is 0 Å². The molecule has 8 nitrogen and oxygen atoms in total. The van der Waals surface area contributed by atoms with Crippen molar-refractivity contribution in [3.8, 4) is 28.4 Å². The lowest BCUT2D eigenvalue weighted by molar-refractivity contribution is -0.127. The van der Waals surface area contributed by atoms with Gasteiger partial charge in [0.05, 0.1) is 29.9 Å². The molecule has 1 aliphatic rings. The van der Waals surface area contributed by atoms with Crippen LogP contribution in [0.2, 0.25) is 0 Å². The molecule has 0 unspecified atom stereocenters. The van der Waals surface area contributed by atoms with E-state index in [4.69, 9.17) is 14.2 Å². The zero-order valence-electron chi connectivity index (χ0n) is 22.7. The summed E-state index contributed by atoms with van der Waals surface area (Å²) in [6, 6.07) is 9.34. The van der Waals surface area contributed by atoms with Gasteiger partial charge in [-0.3, -0.25) is 4.79 Å². The van der Waals surface area contributed by atoms with Crippen molar-refractivity contribution in [2.75, 3.05) is 32.6 Å². The summed E-state index contributed by atoms with van der Waals surface area (Å²) >= 11 is 2.94. The van der Waals surface area contributed by atoms with Crippen molar-refractivity contribution in [2.45, 2.75) is 18.9 Å². The maximum absolute atomic E-state index is 14.7. The number of amides is 1. The number of carbonyl (C=O) groups excluding carboxylic acids is 1. The lowest BCUT2D eigenvalue weighted by Gasteiger charge is -2.31. The maximum atomic E-state index is 14.7. The van der Waals surface area contributed by atoms with Gasteiger partial charge in [-0.15, -0.1) is 0 Å². The number of carbonyl (C=O) groups is 1. The molecule has 1 aromatic heterocycles. The number of piperidine rings is 1. The zero-order valence-corrected chi connectivity index (χ0v) is 24.3. The third-order valence-electron chi connectivity index (χ3n) is 7.01. The van der Waals surface area contributed by atoms with Gasteiger partial charge >= 0.3 is 0 Å². The second-order valence-electron chi connectivity index (χ2n) is 9.48. The molecule has 4 aromatic rings. The second-order valence-corrected chi connectivity index (χ2v) is 10.3. The molecule has 0 spiro atoms. The smallest absolute Gasteiger partial charge is 0.245 e. The first-order valence-electron chi connectivity index (χ1n) is 12.9. The topological polar surface area (TPSA) is 85.8 Å². The number of hydrogen-bond donors (Lipinski definition) is 1. The third-order valence-corrected chi connectivity index (χ3v) is 7.59. The van der Waals surface area contributed by atoms with Gasteiger partial charge in [0, 0.05) is 42.9 Å². The van der Waals surface area contributed by atoms with Crippen LogP contribution >= 0.6 is 15.9 Å². The monoisotopic (exact) mass is 642 g/mol. The summed E-state index contributed by atoms with van der Waals surface area (Å²) in [4.78, 5) is 22.4. The average molecular weight is 643 g/mol. The van der Waals surface area contributed by atoms with E-state index in [-0.39, 0.29) is 27.6 Å². The van der Waals surface area contributed by atoms with Gasteiger partial charge in [-0.1, -0.05) is 12.6 Å². The molecular formula is C30H26BrF3N4O4. The standard InChI is InChI=1S/C30H26BrF3N4O4/c1-4-26(39)38-9-7-17(8-10-38)42-25-13-19-21(14-24(25)41-3)35-15-36-30(19)37-22-11-16(5-6-23(22)40-2)18-12-20(31)28(33)29(34)27(18)32/h4-6,11-15,17H,1,7-10H2,2-3H3,(H,35,36,37). The van der Waals surface area contributed by atoms with Crippen LogP contribution in [0, 0.1) is 17.5 Å². The highest BCUT2D eigenvalue weighted by Gasteiger charge is 2.25. The highest BCUT2D eigenvalue weighted by molar-refractivity contribution is 9.10. The van der Waals surface area contributed by atoms with E-state index >= 15 is 0 Å². The van der Waals surface area contributed by atoms with Gasteiger partial charge in [-0.05, 0) is 51.8 Å². The van der Waals surface area contributed by atoms with E-state index < -0.39 is 17.5 Å². The molecular weight excluding hydrogens is 617 g/mol. The normalized spacial score (nSPS) is 13.6. The van der Waals surface area contributed by atoms with Crippen LogP contribution in [0.4, 0.5) is 24.7 Å². The van der Waals surface area contributed by atoms with E-state index in [0.717, 1.165) is 0 Å². The lowest BCUT2D eigenvalue weighted by atomic mass is 10.0. The van der Waals surface area contributed by atoms with E-state index in [0.29, 0.717) is 65.6 Å². The number of halogens is 4. The highest BCUT2D eigenvalue weighted by atomic mass is 79.9. The predicted octanol–water partition coefficient (Wildman–Crippen LogP) is 6.79. The Morgan fingerprint density at radius 2 is 1.74 bits per heavy atom. The maximum Gasteiger partial charge on any atom is 0.245 e. The molecule has 1 N–H and O–H groups in total. The molecule has 5 rings (SSSR count). The Labute approximate surface area is 248 Å². The highest BCUT2D eigenvalue weighted by Crippen LogP contribution is 2.39. The second kappa shape index (κ2) is 12.3. The number of fused-ring (bicyclic) bond motifs is 1. The van der Waals surface area contributed by atoms with Gasteiger partial charge in [-0.2, -0.15) is 0 Å². The molecule has 1 amide bonds. The first-order chi connectivity index (χ1) is 20.2. The van der Waals surface area contributed by atoms with Crippen molar-refractivity contribution in [3.05, 3.63) is 77.3 Å². The van der Waals surface area contributed by atoms with Crippen LogP contribution in [-0.2, 0) is 4.79 Å². The quantitative estimate of drug-likeness (QED) is 0.129. The number of benzene rings is 3. The van der Waals surface area contributed by atoms with E-state index in [1.807, 2.05) is 0 Å². The van der Waals surface area contributed by atoms with Crippen LogP contribution in [0.25, 0.3) is 22.0 Å². The number of methoxy groups -OCH3 is 2. The Hall–Kier alpha value is -4.32. The van der Waals surface area contributed by atoms with Crippen molar-refractivity contribution >= 4 is 44.2 Å². The summed E-state index contributed by atoms with van der Waals surface area (Å²) in [6.45, 7) is 4.64. The van der Waals surface area contributed by atoms with Gasteiger partial charge in [-0.25, -0.2) is 23.1 Å². The molecule has 0 bridgehead atoms. The van der Waals surface area contributed by atoms with E-state index in [2.05, 4.69) is 37.8 Å². The molecule has 0 atom stereocenters. The Morgan fingerprint density at radius 3 is 2.43 bits per heavy atom. The zero-order chi connectivity index (χ0) is 30.0. The fraction of sp³-hybridized carbons (Fsp3) is 0.233. The first kappa shape index (κ1) is 29.2. The molecule has 3 aromatic carbocycles. The molecule has 0 aliphatic carbocycles. The number of likely N-dealkylation sites (tertiary alicyclic amines) is 1. The minimum Gasteiger partial charge on any atom is -0.495 e. The van der Waals surface area contributed by atoms with Gasteiger partial charge in [0.25, 0.3) is 0 Å². The summed E-state index contributed by atoms with van der Waals surface area (Å²) in [7, 11) is 3.00. The molecule has 12 heteroatoms. The van der Waals surface area contributed by atoms with Crippen LogP contribution in [0.15, 0.2) is 59.9 Å². The number of rotatable bonds is 8. The van der Waals surface area contributed by atoms with Crippen molar-refractivity contribution in [3.63, 3.8) is 0 Å². The molecule has 218 valence electrons. The van der Waals surface area contributed by atoms with Crippen molar-refractivity contribution in [1.29, 1.82) is 0 Å². The van der Waals surface area contributed by atoms with E-state index in [1.165, 1.54) is 38.8 Å². The molecule has 1 fully saturated rings. The number of aromatic nitrogens is 2. The Kier molecular flexibility index (Phi) is 8.53. The third kappa shape index (κ3) is 5.71. The average Bonchev–Trinajstić information content (AvgIpc) is 3.01. The number of nitrogens with zero attached hydrogens (tertiary/aromatic N) is 3. The summed E-state index contributed by atoms with van der Waals surface area (Å²) < 4.78 is 59.9. The Morgan fingerprint density at radius 1 is 1.00 bits per heavy atom. The van der Waals surface area contributed by atoms with Crippen molar-refractivity contribution < 1.29 is 32.2 Å². The summed E-state index contributed by atoms with van der Waals surface area (Å²) in [6.07, 6.45) is 3.81. The number of hydrogen-bond acceptors (Lipinski definition) is 7. The number of nitrogens with one attached hydrogen (secondary N) is 1. The summed E-state index contributed by atoms with van der Waals surface area (Å²) in [5.74, 6) is -2.55. The number of anilines is 2. The summed E-state index contributed by atoms with van der Waals surface area (Å²) in [5, 5.41) is 3.80. The largest absolute Gasteiger partial charge is 0.495 e. The lowest BCUT2D eigenvalue weighted by Crippen LogP contribution is -2.41. The minimum atomic E-state index is -1.58. The van der Waals surface area contributed by atoms with Gasteiger partial charge in [0.2, 0.25) is 5.91 Å². The molecule has 0 radical (unpaired) electrons. The molecule has 1 aliphatic heterocycles. The Balaban J connectivity index is 1.49. The van der Waals surface area contributed by atoms with Crippen LogP contribution < -0.4 is 19.5 Å². The van der Waals surface area contributed by atoms with Crippen LogP contribution in [0.1, 0.15) is 12.8 Å². The van der Waals surface area contributed by atoms with Crippen molar-refractivity contribution in [1.82, 2.24) is 14.9 Å². The van der Waals surface area contributed by atoms with Gasteiger partial charge < -0.3 is 24.4 Å². The van der Waals surface area contributed by atoms with E-state index in [9.17, 15) is 18.0 Å². The van der Waals surface area contributed by atoms with Gasteiger partial charge in [0.15, 0.2) is 29.0 Å². The number of ether oxygens (including phenoxy) is 3. The molecule has 0 saturated carbocycles. The molecule has 2 heterocycles. The molecule has 1 saturated heterocycles. The first-order valence-corrected chi connectivity index (χ1v) is 13.7. The van der Waals surface area contributed by atoms with E-state index in [1.54, 1.807) is 29.2 Å². The predicted molar refractivity (Wildman–Crippen MR) is 156 cm³/mol. The van der Waals surface area contributed by atoms with Gasteiger partial charge in [0.1, 0.15) is 24.0 Å². The SMILES string of the molecule is C=CC(=O)N1CCC(Oc2cc3c(Nc4cc(-c5cc(Br)c(F)c(F)c5F)ccc4OC)ncnc3cc2OC)CC1. The molecule has 42 heavy (non-hydrogen) atoms. The van der Waals surface area contributed by atoms with Crippen LogP contribution in [-0.4, -0.2) is 54.2 Å². The minimum absolute atomic E-state index is 0.107. The fourth-order valence-corrected chi connectivity index (χ4v) is 5.20. The van der Waals surface area contributed by atoms with Crippen LogP contribution in [0.5, 0.6) is 17.2 Å². The summed E-state index contributed by atoms with van der Waals surface area (Å²) in [5.41, 5.74) is 1.10. The fourth-order valence-electron chi connectivity index (χ4n) is 4.80. The Bertz CT molecular complexity index is 1680. The van der Waals surface area contributed by atoms with Crippen molar-refractivity contribution in [2.24, 2.45) is 0 Å².